The number of ether oxygens (including phenoxy) is 3. The summed E-state index contributed by atoms with van der Waals surface area (Å²) in [6.45, 7) is 6.50. The van der Waals surface area contributed by atoms with Gasteiger partial charge >= 0.3 is 0 Å². The van der Waals surface area contributed by atoms with Gasteiger partial charge in [-0.2, -0.15) is 0 Å². The molecule has 1 fully saturated rings. The minimum atomic E-state index is 0.0997. The monoisotopic (exact) mass is 542 g/mol. The lowest BCUT2D eigenvalue weighted by Crippen LogP contribution is -2.27. The molecule has 38 heavy (non-hydrogen) atoms. The predicted molar refractivity (Wildman–Crippen MR) is 161 cm³/mol. The summed E-state index contributed by atoms with van der Waals surface area (Å²) in [7, 11) is 0. The summed E-state index contributed by atoms with van der Waals surface area (Å²) in [6, 6.07) is 14.5. The minimum Gasteiger partial charge on any atom is -0.494 e. The SMILES string of the molecule is CCCCCCCCCCCCCCOC[C@H]1CCC[C@@H](c2ccc(Cl)c(-c3ccc(OCC)cc3)c2)O1. The van der Waals surface area contributed by atoms with E-state index in [4.69, 9.17) is 25.8 Å². The molecule has 1 aliphatic rings. The van der Waals surface area contributed by atoms with Crippen molar-refractivity contribution in [1.82, 2.24) is 0 Å². The highest BCUT2D eigenvalue weighted by molar-refractivity contribution is 6.33. The molecule has 0 saturated carbocycles. The lowest BCUT2D eigenvalue weighted by Gasteiger charge is -2.30. The summed E-state index contributed by atoms with van der Waals surface area (Å²) in [4.78, 5) is 0. The van der Waals surface area contributed by atoms with E-state index >= 15 is 0 Å². The van der Waals surface area contributed by atoms with Gasteiger partial charge in [0.2, 0.25) is 0 Å². The van der Waals surface area contributed by atoms with Crippen LogP contribution in [0.4, 0.5) is 0 Å². The first-order valence-electron chi connectivity index (χ1n) is 15.5. The number of rotatable bonds is 19. The predicted octanol–water partition coefficient (Wildman–Crippen LogP) is 10.7. The number of hydrogen-bond acceptors (Lipinski definition) is 3. The Bertz CT molecular complexity index is 882. The molecule has 0 N–H and O–H groups in total. The van der Waals surface area contributed by atoms with Gasteiger partial charge in [0.1, 0.15) is 5.75 Å². The first kappa shape index (κ1) is 31.0. The molecule has 0 bridgehead atoms. The van der Waals surface area contributed by atoms with E-state index in [0.29, 0.717) is 13.2 Å². The molecule has 1 heterocycles. The lowest BCUT2D eigenvalue weighted by molar-refractivity contribution is -0.0881. The molecule has 0 amide bonds. The van der Waals surface area contributed by atoms with Crippen LogP contribution in [0.25, 0.3) is 11.1 Å². The third-order valence-electron chi connectivity index (χ3n) is 7.63. The van der Waals surface area contributed by atoms with Crippen LogP contribution < -0.4 is 4.74 Å². The molecule has 212 valence electrons. The van der Waals surface area contributed by atoms with Crippen molar-refractivity contribution in [1.29, 1.82) is 0 Å². The summed E-state index contributed by atoms with van der Waals surface area (Å²) >= 11 is 6.58. The zero-order chi connectivity index (χ0) is 26.8. The van der Waals surface area contributed by atoms with E-state index in [1.54, 1.807) is 0 Å². The van der Waals surface area contributed by atoms with Crippen LogP contribution >= 0.6 is 11.6 Å². The number of halogens is 1. The zero-order valence-electron chi connectivity index (χ0n) is 24.0. The van der Waals surface area contributed by atoms with Crippen LogP contribution in [0.5, 0.6) is 5.75 Å². The van der Waals surface area contributed by atoms with Gasteiger partial charge in [-0.3, -0.25) is 0 Å². The van der Waals surface area contributed by atoms with E-state index in [9.17, 15) is 0 Å². The number of hydrogen-bond donors (Lipinski definition) is 0. The molecule has 3 nitrogen and oxygen atoms in total. The van der Waals surface area contributed by atoms with Gasteiger partial charge in [0.05, 0.1) is 25.4 Å². The van der Waals surface area contributed by atoms with Crippen molar-refractivity contribution in [2.24, 2.45) is 0 Å². The molecule has 2 aromatic rings. The van der Waals surface area contributed by atoms with Gasteiger partial charge in [0.15, 0.2) is 0 Å². The molecule has 0 spiro atoms. The van der Waals surface area contributed by atoms with Gasteiger partial charge in [-0.05, 0) is 68.0 Å². The Morgan fingerprint density at radius 3 is 2.11 bits per heavy atom. The quantitative estimate of drug-likeness (QED) is 0.165. The normalized spacial score (nSPS) is 17.6. The Balaban J connectivity index is 1.31. The van der Waals surface area contributed by atoms with Gasteiger partial charge in [0, 0.05) is 17.2 Å². The molecular formula is C34H51ClO3. The fourth-order valence-electron chi connectivity index (χ4n) is 5.39. The van der Waals surface area contributed by atoms with Gasteiger partial charge in [0.25, 0.3) is 0 Å². The molecule has 0 radical (unpaired) electrons. The second-order valence-electron chi connectivity index (χ2n) is 10.8. The zero-order valence-corrected chi connectivity index (χ0v) is 24.8. The fourth-order valence-corrected chi connectivity index (χ4v) is 5.62. The van der Waals surface area contributed by atoms with Crippen LogP contribution in [0, 0.1) is 0 Å². The molecule has 4 heteroatoms. The maximum atomic E-state index is 6.58. The van der Waals surface area contributed by atoms with Crippen LogP contribution in [0.1, 0.15) is 122 Å². The Hall–Kier alpha value is -1.55. The van der Waals surface area contributed by atoms with E-state index < -0.39 is 0 Å². The van der Waals surface area contributed by atoms with E-state index in [2.05, 4.69) is 31.2 Å². The molecule has 2 aromatic carbocycles. The summed E-state index contributed by atoms with van der Waals surface area (Å²) in [5, 5.41) is 0.760. The Labute approximate surface area is 237 Å². The summed E-state index contributed by atoms with van der Waals surface area (Å²) in [6.07, 6.45) is 20.0. The van der Waals surface area contributed by atoms with Crippen molar-refractivity contribution in [3.63, 3.8) is 0 Å². The summed E-state index contributed by atoms with van der Waals surface area (Å²) in [5.41, 5.74) is 3.34. The van der Waals surface area contributed by atoms with Crippen LogP contribution in [-0.4, -0.2) is 25.9 Å². The molecule has 1 aliphatic heterocycles. The van der Waals surface area contributed by atoms with Crippen molar-refractivity contribution in [2.45, 2.75) is 122 Å². The molecule has 0 unspecified atom stereocenters. The highest BCUT2D eigenvalue weighted by Crippen LogP contribution is 2.36. The van der Waals surface area contributed by atoms with E-state index in [0.717, 1.165) is 54.2 Å². The Morgan fingerprint density at radius 2 is 1.45 bits per heavy atom. The lowest BCUT2D eigenvalue weighted by atomic mass is 9.95. The summed E-state index contributed by atoms with van der Waals surface area (Å²) < 4.78 is 18.1. The Kier molecular flexibility index (Phi) is 15.2. The second kappa shape index (κ2) is 18.7. The second-order valence-corrected chi connectivity index (χ2v) is 11.2. The van der Waals surface area contributed by atoms with Crippen LogP contribution in [0.3, 0.4) is 0 Å². The van der Waals surface area contributed by atoms with E-state index in [-0.39, 0.29) is 12.2 Å². The molecule has 3 rings (SSSR count). The minimum absolute atomic E-state index is 0.0997. The van der Waals surface area contributed by atoms with Crippen LogP contribution in [0.15, 0.2) is 42.5 Å². The topological polar surface area (TPSA) is 27.7 Å². The van der Waals surface area contributed by atoms with Gasteiger partial charge < -0.3 is 14.2 Å². The van der Waals surface area contributed by atoms with Crippen molar-refractivity contribution in [2.75, 3.05) is 19.8 Å². The van der Waals surface area contributed by atoms with E-state index in [1.807, 2.05) is 25.1 Å². The fraction of sp³-hybridized carbons (Fsp3) is 0.647. The van der Waals surface area contributed by atoms with Crippen molar-refractivity contribution in [3.05, 3.63) is 53.1 Å². The van der Waals surface area contributed by atoms with E-state index in [1.165, 1.54) is 76.2 Å². The third kappa shape index (κ3) is 11.3. The first-order valence-corrected chi connectivity index (χ1v) is 15.8. The highest BCUT2D eigenvalue weighted by Gasteiger charge is 2.24. The summed E-state index contributed by atoms with van der Waals surface area (Å²) in [5.74, 6) is 0.880. The molecule has 0 aliphatic carbocycles. The van der Waals surface area contributed by atoms with Gasteiger partial charge in [-0.1, -0.05) is 107 Å². The standard InChI is InChI=1S/C34H51ClO3/c1-3-5-6-7-8-9-10-11-12-13-14-15-25-36-27-31-17-16-18-34(38-31)29-21-24-33(35)32(26-29)28-19-22-30(23-20-28)37-4-2/h19-24,26,31,34H,3-18,25,27H2,1-2H3/t31-,34+/m1/s1. The van der Waals surface area contributed by atoms with Crippen molar-refractivity contribution < 1.29 is 14.2 Å². The van der Waals surface area contributed by atoms with Gasteiger partial charge in [-0.25, -0.2) is 0 Å². The molecule has 2 atom stereocenters. The molecule has 1 saturated heterocycles. The van der Waals surface area contributed by atoms with Crippen molar-refractivity contribution >= 4 is 11.6 Å². The highest BCUT2D eigenvalue weighted by atomic mass is 35.5. The first-order chi connectivity index (χ1) is 18.7. The largest absolute Gasteiger partial charge is 0.494 e. The average Bonchev–Trinajstić information content (AvgIpc) is 2.94. The van der Waals surface area contributed by atoms with Crippen molar-refractivity contribution in [3.8, 4) is 16.9 Å². The maximum Gasteiger partial charge on any atom is 0.119 e. The Morgan fingerprint density at radius 1 is 0.789 bits per heavy atom. The van der Waals surface area contributed by atoms with Gasteiger partial charge in [-0.15, -0.1) is 0 Å². The molecule has 0 aromatic heterocycles. The van der Waals surface area contributed by atoms with Crippen LogP contribution in [0.2, 0.25) is 5.02 Å². The third-order valence-corrected chi connectivity index (χ3v) is 7.96. The maximum absolute atomic E-state index is 6.58. The number of unbranched alkanes of at least 4 members (excludes halogenated alkanes) is 11. The average molecular weight is 543 g/mol. The number of benzene rings is 2. The molecular weight excluding hydrogens is 492 g/mol. The van der Waals surface area contributed by atoms with Crippen LogP contribution in [-0.2, 0) is 9.47 Å². The smallest absolute Gasteiger partial charge is 0.119 e.